The van der Waals surface area contributed by atoms with Gasteiger partial charge in [0, 0.05) is 23.3 Å². The molecule has 0 amide bonds. The molecule has 142 valence electrons. The summed E-state index contributed by atoms with van der Waals surface area (Å²) in [5.41, 5.74) is 7.37. The molecular weight excluding hydrogens is 356 g/mol. The number of hydrogen-bond donors (Lipinski definition) is 0. The fourth-order valence-electron chi connectivity index (χ4n) is 3.87. The molecular formula is C25H22N4. The van der Waals surface area contributed by atoms with Crippen molar-refractivity contribution in [2.24, 2.45) is 0 Å². The maximum absolute atomic E-state index is 4.98. The van der Waals surface area contributed by atoms with Crippen LogP contribution in [0.25, 0.3) is 38.8 Å². The Morgan fingerprint density at radius 3 is 2.59 bits per heavy atom. The summed E-state index contributed by atoms with van der Waals surface area (Å²) >= 11 is 0. The maximum atomic E-state index is 4.98. The molecule has 0 aliphatic heterocycles. The molecule has 0 saturated heterocycles. The monoisotopic (exact) mass is 378 g/mol. The lowest BCUT2D eigenvalue weighted by Gasteiger charge is -2.08. The molecule has 0 N–H and O–H groups in total. The van der Waals surface area contributed by atoms with Crippen LogP contribution in [0.4, 0.5) is 0 Å². The van der Waals surface area contributed by atoms with Crippen molar-refractivity contribution in [2.75, 3.05) is 0 Å². The number of pyridine rings is 2. The van der Waals surface area contributed by atoms with E-state index in [0.29, 0.717) is 0 Å². The SMILES string of the molecule is Cc1cccc(-n2nc(C(C)C)c3c(-c4cnc5ccccc5c4)ccnc32)c1. The lowest BCUT2D eigenvalue weighted by Crippen LogP contribution is -1.99. The third-order valence-electron chi connectivity index (χ3n) is 5.29. The lowest BCUT2D eigenvalue weighted by atomic mass is 9.98. The molecule has 4 heteroatoms. The predicted octanol–water partition coefficient (Wildman–Crippen LogP) is 6.07. The molecule has 0 bridgehead atoms. The highest BCUT2D eigenvalue weighted by Gasteiger charge is 2.20. The van der Waals surface area contributed by atoms with Crippen LogP contribution < -0.4 is 0 Å². The second-order valence-corrected chi connectivity index (χ2v) is 7.76. The summed E-state index contributed by atoms with van der Waals surface area (Å²) in [5, 5.41) is 7.21. The molecule has 4 nitrogen and oxygen atoms in total. The third-order valence-corrected chi connectivity index (χ3v) is 5.29. The number of benzene rings is 2. The Morgan fingerprint density at radius 1 is 0.897 bits per heavy atom. The van der Waals surface area contributed by atoms with Crippen molar-refractivity contribution in [3.63, 3.8) is 0 Å². The minimum atomic E-state index is 0.278. The van der Waals surface area contributed by atoms with Crippen molar-refractivity contribution >= 4 is 21.9 Å². The number of hydrogen-bond acceptors (Lipinski definition) is 3. The molecule has 0 aliphatic carbocycles. The van der Waals surface area contributed by atoms with Crippen molar-refractivity contribution in [3.8, 4) is 16.8 Å². The fourth-order valence-corrected chi connectivity index (χ4v) is 3.87. The van der Waals surface area contributed by atoms with E-state index in [-0.39, 0.29) is 5.92 Å². The van der Waals surface area contributed by atoms with Crippen LogP contribution in [-0.2, 0) is 0 Å². The van der Waals surface area contributed by atoms with E-state index in [1.165, 1.54) is 5.56 Å². The third kappa shape index (κ3) is 2.97. The standard InChI is InChI=1S/C25H22N4/c1-16(2)24-23-21(19-14-18-8-4-5-10-22(18)27-15-19)11-12-26-25(23)29(28-24)20-9-6-7-17(3)13-20/h4-16H,1-3H3. The van der Waals surface area contributed by atoms with Crippen LogP contribution in [0.5, 0.6) is 0 Å². The molecule has 0 aliphatic rings. The Hall–Kier alpha value is -3.53. The summed E-state index contributed by atoms with van der Waals surface area (Å²) in [5.74, 6) is 0.278. The summed E-state index contributed by atoms with van der Waals surface area (Å²) in [6, 6.07) is 20.8. The quantitative estimate of drug-likeness (QED) is 0.383. The molecule has 0 saturated carbocycles. The highest BCUT2D eigenvalue weighted by atomic mass is 15.3. The molecule has 0 spiro atoms. The molecule has 29 heavy (non-hydrogen) atoms. The van der Waals surface area contributed by atoms with Crippen molar-refractivity contribution < 1.29 is 0 Å². The van der Waals surface area contributed by atoms with Crippen molar-refractivity contribution in [1.29, 1.82) is 0 Å². The van der Waals surface area contributed by atoms with Gasteiger partial charge in [0.2, 0.25) is 0 Å². The average Bonchev–Trinajstić information content (AvgIpc) is 3.14. The summed E-state index contributed by atoms with van der Waals surface area (Å²) in [7, 11) is 0. The van der Waals surface area contributed by atoms with E-state index < -0.39 is 0 Å². The Bertz CT molecular complexity index is 1350. The van der Waals surface area contributed by atoms with Crippen molar-refractivity contribution in [3.05, 3.63) is 84.3 Å². The molecule has 0 fully saturated rings. The van der Waals surface area contributed by atoms with Gasteiger partial charge in [-0.3, -0.25) is 4.98 Å². The van der Waals surface area contributed by atoms with Crippen molar-refractivity contribution in [1.82, 2.24) is 19.7 Å². The van der Waals surface area contributed by atoms with Crippen LogP contribution in [0.15, 0.2) is 73.1 Å². The molecule has 5 aromatic rings. The number of fused-ring (bicyclic) bond motifs is 2. The van der Waals surface area contributed by atoms with Gasteiger partial charge in [0.15, 0.2) is 5.65 Å². The van der Waals surface area contributed by atoms with E-state index in [1.54, 1.807) is 0 Å². The molecule has 3 heterocycles. The van der Waals surface area contributed by atoms with E-state index in [9.17, 15) is 0 Å². The Morgan fingerprint density at radius 2 is 1.76 bits per heavy atom. The largest absolute Gasteiger partial charge is 0.256 e. The van der Waals surface area contributed by atoms with Crippen LogP contribution in [-0.4, -0.2) is 19.7 Å². The van der Waals surface area contributed by atoms with E-state index in [2.05, 4.69) is 68.2 Å². The van der Waals surface area contributed by atoms with Gasteiger partial charge in [-0.2, -0.15) is 5.10 Å². The Balaban J connectivity index is 1.80. The minimum absolute atomic E-state index is 0.278. The van der Waals surface area contributed by atoms with Crippen LogP contribution in [0.1, 0.15) is 31.0 Å². The molecule has 3 aromatic heterocycles. The molecule has 2 aromatic carbocycles. The predicted molar refractivity (Wildman–Crippen MR) is 118 cm³/mol. The number of nitrogens with zero attached hydrogens (tertiary/aromatic N) is 4. The average molecular weight is 378 g/mol. The van der Waals surface area contributed by atoms with Gasteiger partial charge in [-0.1, -0.05) is 44.2 Å². The fraction of sp³-hybridized carbons (Fsp3) is 0.160. The van der Waals surface area contributed by atoms with E-state index in [0.717, 1.165) is 44.4 Å². The zero-order valence-electron chi connectivity index (χ0n) is 16.8. The molecule has 0 radical (unpaired) electrons. The summed E-state index contributed by atoms with van der Waals surface area (Å²) in [6.07, 6.45) is 3.82. The topological polar surface area (TPSA) is 43.6 Å². The second kappa shape index (κ2) is 6.82. The first kappa shape index (κ1) is 17.6. The molecule has 0 unspecified atom stereocenters. The van der Waals surface area contributed by atoms with Crippen LogP contribution >= 0.6 is 0 Å². The smallest absolute Gasteiger partial charge is 0.163 e. The summed E-state index contributed by atoms with van der Waals surface area (Å²) in [4.78, 5) is 9.39. The highest BCUT2D eigenvalue weighted by molar-refractivity contribution is 5.97. The van der Waals surface area contributed by atoms with Gasteiger partial charge >= 0.3 is 0 Å². The lowest BCUT2D eigenvalue weighted by molar-refractivity contribution is 0.776. The van der Waals surface area contributed by atoms with Crippen LogP contribution in [0, 0.1) is 6.92 Å². The number of aromatic nitrogens is 4. The Labute approximate surface area is 169 Å². The molecule has 0 atom stereocenters. The van der Waals surface area contributed by atoms with Gasteiger partial charge in [0.05, 0.1) is 22.3 Å². The van der Waals surface area contributed by atoms with Gasteiger partial charge in [-0.15, -0.1) is 0 Å². The summed E-state index contributed by atoms with van der Waals surface area (Å²) in [6.45, 7) is 6.45. The second-order valence-electron chi connectivity index (χ2n) is 7.76. The first-order chi connectivity index (χ1) is 14.1. The first-order valence-electron chi connectivity index (χ1n) is 9.91. The maximum Gasteiger partial charge on any atom is 0.163 e. The zero-order chi connectivity index (χ0) is 20.0. The van der Waals surface area contributed by atoms with Crippen LogP contribution in [0.2, 0.25) is 0 Å². The minimum Gasteiger partial charge on any atom is -0.256 e. The van der Waals surface area contributed by atoms with Crippen molar-refractivity contribution in [2.45, 2.75) is 26.7 Å². The number of para-hydroxylation sites is 1. The van der Waals surface area contributed by atoms with Crippen LogP contribution in [0.3, 0.4) is 0 Å². The van der Waals surface area contributed by atoms with Gasteiger partial charge in [-0.25, -0.2) is 9.67 Å². The van der Waals surface area contributed by atoms with E-state index >= 15 is 0 Å². The van der Waals surface area contributed by atoms with Gasteiger partial charge < -0.3 is 0 Å². The summed E-state index contributed by atoms with van der Waals surface area (Å²) < 4.78 is 1.97. The van der Waals surface area contributed by atoms with E-state index in [4.69, 9.17) is 10.1 Å². The van der Waals surface area contributed by atoms with E-state index in [1.807, 2.05) is 35.3 Å². The van der Waals surface area contributed by atoms with Gasteiger partial charge in [0.25, 0.3) is 0 Å². The van der Waals surface area contributed by atoms with Gasteiger partial charge in [-0.05, 0) is 54.3 Å². The Kier molecular flexibility index (Phi) is 4.13. The first-order valence-corrected chi connectivity index (χ1v) is 9.91. The highest BCUT2D eigenvalue weighted by Crippen LogP contribution is 2.35. The molecule has 5 rings (SSSR count). The number of rotatable bonds is 3. The normalized spacial score (nSPS) is 11.6. The zero-order valence-corrected chi connectivity index (χ0v) is 16.8. The van der Waals surface area contributed by atoms with Gasteiger partial charge in [0.1, 0.15) is 0 Å². The number of aryl methyl sites for hydroxylation is 1.